The summed E-state index contributed by atoms with van der Waals surface area (Å²) in [6.45, 7) is 0. The Labute approximate surface area is 113 Å². The molecule has 5 nitrogen and oxygen atoms in total. The van der Waals surface area contributed by atoms with Crippen molar-refractivity contribution in [3.63, 3.8) is 0 Å². The SMILES string of the molecule is O=C(O)c1ccc2c(c1)C(=O)c1c(C(=O)O)cccc1-2. The average Bonchev–Trinajstić information content (AvgIpc) is 2.72. The standard InChI is InChI=1S/C15H8O5/c16-13-11-6-7(14(17)18)4-5-8(11)9-2-1-3-10(12(9)13)15(19)20/h1-6H,(H,17,18)(H,19,20). The maximum Gasteiger partial charge on any atom is 0.336 e. The lowest BCUT2D eigenvalue weighted by molar-refractivity contribution is 0.0684. The summed E-state index contributed by atoms with van der Waals surface area (Å²) < 4.78 is 0. The van der Waals surface area contributed by atoms with Crippen molar-refractivity contribution in [3.8, 4) is 11.1 Å². The molecule has 3 rings (SSSR count). The van der Waals surface area contributed by atoms with Crippen LogP contribution in [0.5, 0.6) is 0 Å². The minimum Gasteiger partial charge on any atom is -0.478 e. The second kappa shape index (κ2) is 4.03. The molecule has 0 bridgehead atoms. The van der Waals surface area contributed by atoms with Gasteiger partial charge in [0.1, 0.15) is 0 Å². The highest BCUT2D eigenvalue weighted by molar-refractivity contribution is 6.25. The predicted octanol–water partition coefficient (Wildman–Crippen LogP) is 2.29. The number of ketones is 1. The van der Waals surface area contributed by atoms with Crippen molar-refractivity contribution in [1.29, 1.82) is 0 Å². The van der Waals surface area contributed by atoms with E-state index in [1.165, 1.54) is 24.3 Å². The molecule has 0 radical (unpaired) electrons. The first-order valence-corrected chi connectivity index (χ1v) is 5.79. The lowest BCUT2D eigenvalue weighted by atomic mass is 10.0. The zero-order valence-electron chi connectivity index (χ0n) is 10.1. The fourth-order valence-corrected chi connectivity index (χ4v) is 2.43. The lowest BCUT2D eigenvalue weighted by Gasteiger charge is -2.02. The summed E-state index contributed by atoms with van der Waals surface area (Å²) in [6.07, 6.45) is 0. The van der Waals surface area contributed by atoms with Gasteiger partial charge in [0.15, 0.2) is 5.78 Å². The Balaban J connectivity index is 2.29. The highest BCUT2D eigenvalue weighted by Gasteiger charge is 2.31. The normalized spacial score (nSPS) is 11.9. The van der Waals surface area contributed by atoms with Gasteiger partial charge >= 0.3 is 11.9 Å². The molecular weight excluding hydrogens is 260 g/mol. The number of carboxylic acids is 2. The molecule has 20 heavy (non-hydrogen) atoms. The summed E-state index contributed by atoms with van der Waals surface area (Å²) >= 11 is 0. The van der Waals surface area contributed by atoms with E-state index in [0.717, 1.165) is 0 Å². The molecule has 0 amide bonds. The number of benzene rings is 2. The highest BCUT2D eigenvalue weighted by Crippen LogP contribution is 2.38. The van der Waals surface area contributed by atoms with Gasteiger partial charge in [0.2, 0.25) is 0 Å². The molecule has 0 fully saturated rings. The largest absolute Gasteiger partial charge is 0.478 e. The van der Waals surface area contributed by atoms with Crippen LogP contribution in [0, 0.1) is 0 Å². The van der Waals surface area contributed by atoms with Gasteiger partial charge in [-0.1, -0.05) is 18.2 Å². The maximum absolute atomic E-state index is 12.3. The Hall–Kier alpha value is -2.95. The first-order chi connectivity index (χ1) is 9.50. The summed E-state index contributed by atoms with van der Waals surface area (Å²) in [5.74, 6) is -2.76. The van der Waals surface area contributed by atoms with Crippen molar-refractivity contribution < 1.29 is 24.6 Å². The molecule has 1 aliphatic rings. The Morgan fingerprint density at radius 2 is 1.60 bits per heavy atom. The summed E-state index contributed by atoms with van der Waals surface area (Å²) in [6, 6.07) is 8.81. The molecule has 0 aliphatic heterocycles. The number of carbonyl (C=O) groups excluding carboxylic acids is 1. The zero-order valence-corrected chi connectivity index (χ0v) is 10.1. The van der Waals surface area contributed by atoms with Crippen LogP contribution >= 0.6 is 0 Å². The summed E-state index contributed by atoms with van der Waals surface area (Å²) in [7, 11) is 0. The number of fused-ring (bicyclic) bond motifs is 3. The van der Waals surface area contributed by atoms with Gasteiger partial charge < -0.3 is 10.2 Å². The summed E-state index contributed by atoms with van der Waals surface area (Å²) in [5, 5.41) is 18.1. The van der Waals surface area contributed by atoms with Crippen LogP contribution in [0.4, 0.5) is 0 Å². The third kappa shape index (κ3) is 1.53. The highest BCUT2D eigenvalue weighted by atomic mass is 16.4. The molecule has 0 saturated carbocycles. The monoisotopic (exact) mass is 268 g/mol. The number of aromatic carboxylic acids is 2. The van der Waals surface area contributed by atoms with Gasteiger partial charge in [-0.15, -0.1) is 0 Å². The minimum absolute atomic E-state index is 0.00165. The lowest BCUT2D eigenvalue weighted by Crippen LogP contribution is -2.06. The van der Waals surface area contributed by atoms with Crippen LogP contribution in [0.2, 0.25) is 0 Å². The van der Waals surface area contributed by atoms with Gasteiger partial charge in [-0.3, -0.25) is 4.79 Å². The number of carbonyl (C=O) groups is 3. The second-order valence-electron chi connectivity index (χ2n) is 4.43. The molecule has 0 aromatic heterocycles. The smallest absolute Gasteiger partial charge is 0.336 e. The third-order valence-electron chi connectivity index (χ3n) is 3.32. The Kier molecular flexibility index (Phi) is 2.44. The van der Waals surface area contributed by atoms with Crippen molar-refractivity contribution >= 4 is 17.7 Å². The van der Waals surface area contributed by atoms with Crippen molar-refractivity contribution in [3.05, 3.63) is 58.7 Å². The number of carboxylic acid groups (broad SMARTS) is 2. The second-order valence-corrected chi connectivity index (χ2v) is 4.43. The summed E-state index contributed by atoms with van der Waals surface area (Å²) in [5.41, 5.74) is 1.38. The van der Waals surface area contributed by atoms with E-state index in [2.05, 4.69) is 0 Å². The maximum atomic E-state index is 12.3. The van der Waals surface area contributed by atoms with E-state index in [-0.39, 0.29) is 22.3 Å². The van der Waals surface area contributed by atoms with Crippen LogP contribution in [0.1, 0.15) is 36.6 Å². The first-order valence-electron chi connectivity index (χ1n) is 5.79. The van der Waals surface area contributed by atoms with Crippen LogP contribution in [-0.2, 0) is 0 Å². The van der Waals surface area contributed by atoms with Crippen LogP contribution < -0.4 is 0 Å². The Morgan fingerprint density at radius 3 is 2.25 bits per heavy atom. The number of hydrogen-bond donors (Lipinski definition) is 2. The molecule has 98 valence electrons. The van der Waals surface area contributed by atoms with Gasteiger partial charge in [0, 0.05) is 11.1 Å². The summed E-state index contributed by atoms with van der Waals surface area (Å²) in [4.78, 5) is 34.5. The van der Waals surface area contributed by atoms with Crippen molar-refractivity contribution in [2.45, 2.75) is 0 Å². The molecule has 2 N–H and O–H groups in total. The molecule has 0 heterocycles. The number of rotatable bonds is 2. The van der Waals surface area contributed by atoms with E-state index in [4.69, 9.17) is 10.2 Å². The fourth-order valence-electron chi connectivity index (χ4n) is 2.43. The van der Waals surface area contributed by atoms with Crippen LogP contribution in [0.25, 0.3) is 11.1 Å². The quantitative estimate of drug-likeness (QED) is 0.744. The van der Waals surface area contributed by atoms with Gasteiger partial charge in [-0.25, -0.2) is 9.59 Å². The minimum atomic E-state index is -1.18. The van der Waals surface area contributed by atoms with E-state index >= 15 is 0 Å². The van der Waals surface area contributed by atoms with Crippen molar-refractivity contribution in [1.82, 2.24) is 0 Å². The van der Waals surface area contributed by atoms with E-state index in [9.17, 15) is 14.4 Å². The van der Waals surface area contributed by atoms with E-state index < -0.39 is 17.7 Å². The topological polar surface area (TPSA) is 91.7 Å². The first kappa shape index (κ1) is 12.1. The van der Waals surface area contributed by atoms with Gasteiger partial charge in [0.05, 0.1) is 11.1 Å². The molecule has 1 aliphatic carbocycles. The molecule has 0 spiro atoms. The van der Waals surface area contributed by atoms with Crippen LogP contribution in [0.3, 0.4) is 0 Å². The van der Waals surface area contributed by atoms with Crippen molar-refractivity contribution in [2.75, 3.05) is 0 Å². The molecule has 0 unspecified atom stereocenters. The molecular formula is C15H8O5. The predicted molar refractivity (Wildman–Crippen MR) is 69.2 cm³/mol. The van der Waals surface area contributed by atoms with Gasteiger partial charge in [0.25, 0.3) is 0 Å². The molecule has 0 atom stereocenters. The van der Waals surface area contributed by atoms with Crippen LogP contribution in [-0.4, -0.2) is 27.9 Å². The fraction of sp³-hybridized carbons (Fsp3) is 0. The van der Waals surface area contributed by atoms with E-state index in [1.54, 1.807) is 12.1 Å². The molecule has 5 heteroatoms. The van der Waals surface area contributed by atoms with E-state index in [0.29, 0.717) is 11.1 Å². The van der Waals surface area contributed by atoms with E-state index in [1.807, 2.05) is 0 Å². The van der Waals surface area contributed by atoms with Crippen molar-refractivity contribution in [2.24, 2.45) is 0 Å². The van der Waals surface area contributed by atoms with Crippen LogP contribution in [0.15, 0.2) is 36.4 Å². The average molecular weight is 268 g/mol. The van der Waals surface area contributed by atoms with Gasteiger partial charge in [-0.05, 0) is 29.3 Å². The Bertz CT molecular complexity index is 789. The Morgan fingerprint density at radius 1 is 0.850 bits per heavy atom. The third-order valence-corrected chi connectivity index (χ3v) is 3.32. The molecule has 2 aromatic carbocycles. The van der Waals surface area contributed by atoms with Gasteiger partial charge in [-0.2, -0.15) is 0 Å². The molecule has 0 saturated heterocycles. The zero-order chi connectivity index (χ0) is 14.4. The number of hydrogen-bond acceptors (Lipinski definition) is 3. The molecule has 2 aromatic rings.